The van der Waals surface area contributed by atoms with Crippen LogP contribution in [0, 0.1) is 0 Å². The molecule has 1 aromatic heterocycles. The molecule has 0 amide bonds. The second-order valence-electron chi connectivity index (χ2n) is 1.80. The first-order valence-corrected chi connectivity index (χ1v) is 4.75. The van der Waals surface area contributed by atoms with Crippen molar-refractivity contribution in [2.75, 3.05) is 0 Å². The minimum absolute atomic E-state index is 0.418. The van der Waals surface area contributed by atoms with E-state index in [0.717, 1.165) is 4.34 Å². The molecule has 0 aliphatic heterocycles. The number of hydrogen-bond acceptors (Lipinski definition) is 1. The van der Waals surface area contributed by atoms with Crippen LogP contribution in [0.1, 0.15) is 17.3 Å². The molecule has 0 nitrogen and oxygen atoms in total. The van der Waals surface area contributed by atoms with E-state index in [1.807, 2.05) is 6.07 Å². The van der Waals surface area contributed by atoms with Crippen LogP contribution < -0.4 is 0 Å². The van der Waals surface area contributed by atoms with Crippen molar-refractivity contribution in [1.82, 2.24) is 0 Å². The summed E-state index contributed by atoms with van der Waals surface area (Å²) in [6.07, 6.45) is 0. The molecule has 1 aromatic rings. The Morgan fingerprint density at radius 3 is 2.67 bits per heavy atom. The van der Waals surface area contributed by atoms with Crippen molar-refractivity contribution in [2.45, 2.75) is 11.8 Å². The minimum Gasteiger partial charge on any atom is -0.132 e. The van der Waals surface area contributed by atoms with Gasteiger partial charge in [0.15, 0.2) is 0 Å². The number of hydrogen-bond donors (Lipinski definition) is 0. The normalized spacial score (nSPS) is 13.7. The third-order valence-corrected chi connectivity index (χ3v) is 2.69. The maximum atomic E-state index is 5.70. The largest absolute Gasteiger partial charge is 0.132 e. The van der Waals surface area contributed by atoms with Crippen LogP contribution in [-0.4, -0.2) is 0 Å². The van der Waals surface area contributed by atoms with Crippen LogP contribution in [0.15, 0.2) is 11.4 Å². The lowest BCUT2D eigenvalue weighted by molar-refractivity contribution is 1.14. The zero-order chi connectivity index (χ0) is 6.85. The summed E-state index contributed by atoms with van der Waals surface area (Å²) in [6, 6.07) is 1.98. The predicted molar refractivity (Wildman–Crippen MR) is 46.7 cm³/mol. The van der Waals surface area contributed by atoms with Gasteiger partial charge in [-0.1, -0.05) is 27.5 Å². The maximum absolute atomic E-state index is 5.70. The molecule has 1 heterocycles. The Hall–Kier alpha value is 0.470. The molecular weight excluding hydrogens is 219 g/mol. The Labute approximate surface area is 72.0 Å². The maximum Gasteiger partial charge on any atom is 0.0931 e. The Kier molecular flexibility index (Phi) is 2.56. The van der Waals surface area contributed by atoms with Gasteiger partial charge in [0, 0.05) is 4.83 Å². The van der Waals surface area contributed by atoms with Crippen LogP contribution in [0.4, 0.5) is 0 Å². The zero-order valence-corrected chi connectivity index (χ0v) is 8.05. The van der Waals surface area contributed by atoms with Crippen LogP contribution in [0.5, 0.6) is 0 Å². The van der Waals surface area contributed by atoms with E-state index in [-0.39, 0.29) is 0 Å². The quantitative estimate of drug-likeness (QED) is 0.637. The second-order valence-corrected chi connectivity index (χ2v) is 4.72. The molecule has 0 saturated heterocycles. The molecule has 0 aliphatic carbocycles. The van der Waals surface area contributed by atoms with Gasteiger partial charge < -0.3 is 0 Å². The molecule has 0 aromatic carbocycles. The highest BCUT2D eigenvalue weighted by Crippen LogP contribution is 2.28. The minimum atomic E-state index is 0.418. The van der Waals surface area contributed by atoms with Crippen molar-refractivity contribution in [1.29, 1.82) is 0 Å². The molecule has 3 heteroatoms. The van der Waals surface area contributed by atoms with Gasteiger partial charge in [-0.15, -0.1) is 11.3 Å². The van der Waals surface area contributed by atoms with Gasteiger partial charge in [-0.25, -0.2) is 0 Å². The summed E-state index contributed by atoms with van der Waals surface area (Å²) in [5.74, 6) is 0. The summed E-state index contributed by atoms with van der Waals surface area (Å²) in [5, 5.41) is 2.06. The third kappa shape index (κ3) is 1.95. The van der Waals surface area contributed by atoms with Gasteiger partial charge in [0.05, 0.1) is 4.34 Å². The molecule has 0 spiro atoms. The lowest BCUT2D eigenvalue weighted by Gasteiger charge is -1.94. The van der Waals surface area contributed by atoms with Gasteiger partial charge in [-0.2, -0.15) is 0 Å². The smallest absolute Gasteiger partial charge is 0.0931 e. The summed E-state index contributed by atoms with van der Waals surface area (Å²) in [4.78, 5) is 0.418. The molecule has 0 radical (unpaired) electrons. The van der Waals surface area contributed by atoms with E-state index in [2.05, 4.69) is 28.2 Å². The van der Waals surface area contributed by atoms with Crippen LogP contribution in [-0.2, 0) is 0 Å². The molecule has 0 saturated carbocycles. The monoisotopic (exact) mass is 224 g/mol. The first kappa shape index (κ1) is 7.58. The van der Waals surface area contributed by atoms with Crippen LogP contribution in [0.2, 0.25) is 4.34 Å². The molecule has 0 N–H and O–H groups in total. The molecule has 1 unspecified atom stereocenters. The topological polar surface area (TPSA) is 0 Å². The molecule has 9 heavy (non-hydrogen) atoms. The first-order valence-electron chi connectivity index (χ1n) is 2.58. The molecule has 0 aliphatic rings. The highest BCUT2D eigenvalue weighted by Gasteiger charge is 2.01. The average Bonchev–Trinajstić information content (AvgIpc) is 2.14. The van der Waals surface area contributed by atoms with Crippen molar-refractivity contribution < 1.29 is 0 Å². The molecule has 50 valence electrons. The van der Waals surface area contributed by atoms with Crippen LogP contribution in [0.25, 0.3) is 0 Å². The van der Waals surface area contributed by atoms with E-state index in [1.165, 1.54) is 5.56 Å². The summed E-state index contributed by atoms with van der Waals surface area (Å²) in [5.41, 5.74) is 1.25. The van der Waals surface area contributed by atoms with E-state index >= 15 is 0 Å². The van der Waals surface area contributed by atoms with E-state index < -0.39 is 0 Å². The number of rotatable bonds is 1. The average molecular weight is 226 g/mol. The van der Waals surface area contributed by atoms with Crippen molar-refractivity contribution in [3.05, 3.63) is 21.3 Å². The van der Waals surface area contributed by atoms with E-state index in [4.69, 9.17) is 11.6 Å². The highest BCUT2D eigenvalue weighted by molar-refractivity contribution is 9.09. The van der Waals surface area contributed by atoms with Crippen molar-refractivity contribution in [2.24, 2.45) is 0 Å². The Morgan fingerprint density at radius 1 is 1.78 bits per heavy atom. The van der Waals surface area contributed by atoms with E-state index in [9.17, 15) is 0 Å². The zero-order valence-electron chi connectivity index (χ0n) is 4.90. The number of halogens is 2. The molecular formula is C6H6BrClS. The standard InChI is InChI=1S/C6H6BrClS/c1-4(7)5-2-6(8)9-3-5/h2-4H,1H3. The summed E-state index contributed by atoms with van der Waals surface area (Å²) < 4.78 is 0.858. The van der Waals surface area contributed by atoms with Crippen molar-refractivity contribution in [3.8, 4) is 0 Å². The van der Waals surface area contributed by atoms with Gasteiger partial charge in [-0.05, 0) is 23.9 Å². The number of thiophene rings is 1. The fraction of sp³-hybridized carbons (Fsp3) is 0.333. The van der Waals surface area contributed by atoms with Gasteiger partial charge in [0.25, 0.3) is 0 Å². The molecule has 1 rings (SSSR count). The second kappa shape index (κ2) is 3.04. The van der Waals surface area contributed by atoms with Gasteiger partial charge in [0.2, 0.25) is 0 Å². The Balaban J connectivity index is 2.85. The Bertz CT molecular complexity index is 195. The van der Waals surface area contributed by atoms with Crippen molar-refractivity contribution in [3.63, 3.8) is 0 Å². The lowest BCUT2D eigenvalue weighted by atomic mass is 10.3. The van der Waals surface area contributed by atoms with Gasteiger partial charge >= 0.3 is 0 Å². The SMILES string of the molecule is CC(Br)c1csc(Cl)c1. The highest BCUT2D eigenvalue weighted by atomic mass is 79.9. The van der Waals surface area contributed by atoms with E-state index in [0.29, 0.717) is 4.83 Å². The third-order valence-electron chi connectivity index (χ3n) is 1.05. The van der Waals surface area contributed by atoms with Crippen molar-refractivity contribution >= 4 is 38.9 Å². The van der Waals surface area contributed by atoms with Gasteiger partial charge in [0.1, 0.15) is 0 Å². The predicted octanol–water partition coefficient (Wildman–Crippen LogP) is 3.86. The summed E-state index contributed by atoms with van der Waals surface area (Å²) >= 11 is 10.7. The molecule has 1 atom stereocenters. The summed E-state index contributed by atoms with van der Waals surface area (Å²) in [6.45, 7) is 2.08. The fourth-order valence-corrected chi connectivity index (χ4v) is 1.96. The molecule has 0 fully saturated rings. The summed E-state index contributed by atoms with van der Waals surface area (Å²) in [7, 11) is 0. The molecule has 0 bridgehead atoms. The number of alkyl halides is 1. The first-order chi connectivity index (χ1) is 4.20. The lowest BCUT2D eigenvalue weighted by Crippen LogP contribution is -1.74. The Morgan fingerprint density at radius 2 is 2.44 bits per heavy atom. The van der Waals surface area contributed by atoms with E-state index in [1.54, 1.807) is 11.3 Å². The van der Waals surface area contributed by atoms with Crippen LogP contribution in [0.3, 0.4) is 0 Å². The van der Waals surface area contributed by atoms with Gasteiger partial charge in [-0.3, -0.25) is 0 Å². The fourth-order valence-electron chi connectivity index (χ4n) is 0.532. The van der Waals surface area contributed by atoms with Crippen LogP contribution >= 0.6 is 38.9 Å².